The Kier molecular flexibility index (Phi) is 5.80. The highest BCUT2D eigenvalue weighted by molar-refractivity contribution is 6.04. The highest BCUT2D eigenvalue weighted by Gasteiger charge is 2.18. The van der Waals surface area contributed by atoms with Gasteiger partial charge in [0.15, 0.2) is 0 Å². The maximum atomic E-state index is 12.4. The molecule has 2 N–H and O–H groups in total. The van der Waals surface area contributed by atoms with Crippen molar-refractivity contribution in [1.82, 2.24) is 5.32 Å². The Morgan fingerprint density at radius 3 is 2.56 bits per heavy atom. The van der Waals surface area contributed by atoms with Gasteiger partial charge in [-0.1, -0.05) is 42.5 Å². The summed E-state index contributed by atoms with van der Waals surface area (Å²) in [5.74, 6) is -0.350. The first-order valence-electron chi connectivity index (χ1n) is 8.55. The Labute approximate surface area is 147 Å². The number of rotatable bonds is 6. The maximum Gasteiger partial charge on any atom is 0.253 e. The molecule has 1 saturated heterocycles. The van der Waals surface area contributed by atoms with Gasteiger partial charge in [-0.15, -0.1) is 0 Å². The van der Waals surface area contributed by atoms with Crippen molar-refractivity contribution in [2.45, 2.75) is 25.4 Å². The lowest BCUT2D eigenvalue weighted by atomic mass is 10.1. The first kappa shape index (κ1) is 17.2. The Balaban J connectivity index is 1.61. The maximum absolute atomic E-state index is 12.4. The Bertz CT molecular complexity index is 725. The monoisotopic (exact) mass is 338 g/mol. The minimum Gasteiger partial charge on any atom is -0.376 e. The van der Waals surface area contributed by atoms with Crippen molar-refractivity contribution < 1.29 is 14.3 Å². The van der Waals surface area contributed by atoms with Gasteiger partial charge < -0.3 is 15.4 Å². The summed E-state index contributed by atoms with van der Waals surface area (Å²) in [6.45, 7) is 1.25. The zero-order valence-electron chi connectivity index (χ0n) is 14.0. The molecule has 0 bridgehead atoms. The fraction of sp³-hybridized carbons (Fsp3) is 0.300. The summed E-state index contributed by atoms with van der Waals surface area (Å²) >= 11 is 0. The molecule has 0 aromatic heterocycles. The molecule has 5 heteroatoms. The molecule has 1 heterocycles. The topological polar surface area (TPSA) is 67.4 Å². The SMILES string of the molecule is O=C(Cc1ccccc1)Nc1ccccc1C(=O)NC[C@@H]1CCCO1. The van der Waals surface area contributed by atoms with Crippen LogP contribution in [0.25, 0.3) is 0 Å². The van der Waals surface area contributed by atoms with E-state index in [2.05, 4.69) is 10.6 Å². The van der Waals surface area contributed by atoms with E-state index in [1.807, 2.05) is 30.3 Å². The van der Waals surface area contributed by atoms with Crippen molar-refractivity contribution in [2.24, 2.45) is 0 Å². The van der Waals surface area contributed by atoms with Crippen LogP contribution in [0.5, 0.6) is 0 Å². The number of para-hydroxylation sites is 1. The molecule has 0 spiro atoms. The van der Waals surface area contributed by atoms with E-state index < -0.39 is 0 Å². The summed E-state index contributed by atoms with van der Waals surface area (Å²) < 4.78 is 5.52. The van der Waals surface area contributed by atoms with Gasteiger partial charge in [0.1, 0.15) is 0 Å². The third kappa shape index (κ3) is 4.90. The van der Waals surface area contributed by atoms with E-state index >= 15 is 0 Å². The van der Waals surface area contributed by atoms with Gasteiger partial charge in [-0.05, 0) is 30.5 Å². The number of benzene rings is 2. The number of nitrogens with one attached hydrogen (secondary N) is 2. The van der Waals surface area contributed by atoms with Crippen molar-refractivity contribution in [1.29, 1.82) is 0 Å². The molecule has 3 rings (SSSR count). The standard InChI is InChI=1S/C20H22N2O3/c23-19(13-15-7-2-1-3-8-15)22-18-11-5-4-10-17(18)20(24)21-14-16-9-6-12-25-16/h1-5,7-8,10-11,16H,6,9,12-14H2,(H,21,24)(H,22,23)/t16-/m0/s1. The lowest BCUT2D eigenvalue weighted by Gasteiger charge is -2.14. The minimum atomic E-state index is -0.203. The van der Waals surface area contributed by atoms with Crippen LogP contribution in [0, 0.1) is 0 Å². The van der Waals surface area contributed by atoms with E-state index in [9.17, 15) is 9.59 Å². The van der Waals surface area contributed by atoms with E-state index in [4.69, 9.17) is 4.74 Å². The van der Waals surface area contributed by atoms with E-state index in [0.29, 0.717) is 17.8 Å². The van der Waals surface area contributed by atoms with Crippen LogP contribution in [-0.2, 0) is 16.0 Å². The molecule has 1 aliphatic heterocycles. The number of anilines is 1. The number of carbonyl (C=O) groups excluding carboxylic acids is 2. The summed E-state index contributed by atoms with van der Waals surface area (Å²) in [5, 5.41) is 5.73. The minimum absolute atomic E-state index is 0.0868. The normalized spacial score (nSPS) is 16.4. The largest absolute Gasteiger partial charge is 0.376 e. The van der Waals surface area contributed by atoms with Crippen molar-refractivity contribution in [3.8, 4) is 0 Å². The molecule has 0 aliphatic carbocycles. The van der Waals surface area contributed by atoms with Crippen LogP contribution in [0.3, 0.4) is 0 Å². The molecule has 25 heavy (non-hydrogen) atoms. The zero-order valence-corrected chi connectivity index (χ0v) is 14.0. The van der Waals surface area contributed by atoms with Crippen LogP contribution >= 0.6 is 0 Å². The van der Waals surface area contributed by atoms with Gasteiger partial charge in [0, 0.05) is 13.2 Å². The Hall–Kier alpha value is -2.66. The second kappa shape index (κ2) is 8.44. The second-order valence-corrected chi connectivity index (χ2v) is 6.10. The van der Waals surface area contributed by atoms with Crippen LogP contribution in [0.4, 0.5) is 5.69 Å². The quantitative estimate of drug-likeness (QED) is 0.851. The molecule has 2 aromatic carbocycles. The highest BCUT2D eigenvalue weighted by Crippen LogP contribution is 2.16. The summed E-state index contributed by atoms with van der Waals surface area (Å²) in [7, 11) is 0. The summed E-state index contributed by atoms with van der Waals surface area (Å²) in [6, 6.07) is 16.6. The molecule has 0 unspecified atom stereocenters. The predicted octanol–water partition coefficient (Wildman–Crippen LogP) is 2.78. The number of carbonyl (C=O) groups is 2. The van der Waals surface area contributed by atoms with Crippen molar-refractivity contribution in [3.05, 3.63) is 65.7 Å². The molecule has 0 radical (unpaired) electrons. The molecular weight excluding hydrogens is 316 g/mol. The average molecular weight is 338 g/mol. The van der Waals surface area contributed by atoms with Gasteiger partial charge in [-0.3, -0.25) is 9.59 Å². The van der Waals surface area contributed by atoms with Gasteiger partial charge in [-0.25, -0.2) is 0 Å². The smallest absolute Gasteiger partial charge is 0.253 e. The van der Waals surface area contributed by atoms with E-state index in [0.717, 1.165) is 25.0 Å². The lowest BCUT2D eigenvalue weighted by Crippen LogP contribution is -2.32. The lowest BCUT2D eigenvalue weighted by molar-refractivity contribution is -0.115. The average Bonchev–Trinajstić information content (AvgIpc) is 3.14. The molecular formula is C20H22N2O3. The van der Waals surface area contributed by atoms with Gasteiger partial charge in [0.2, 0.25) is 5.91 Å². The summed E-state index contributed by atoms with van der Waals surface area (Å²) in [5.41, 5.74) is 1.91. The molecule has 5 nitrogen and oxygen atoms in total. The molecule has 2 amide bonds. The molecule has 1 atom stereocenters. The third-order valence-electron chi connectivity index (χ3n) is 4.17. The zero-order chi connectivity index (χ0) is 17.5. The molecule has 1 fully saturated rings. The third-order valence-corrected chi connectivity index (χ3v) is 4.17. The van der Waals surface area contributed by atoms with Gasteiger partial charge in [-0.2, -0.15) is 0 Å². The van der Waals surface area contributed by atoms with Crippen LogP contribution < -0.4 is 10.6 Å². The number of amides is 2. The molecule has 2 aromatic rings. The first-order chi connectivity index (χ1) is 12.2. The van der Waals surface area contributed by atoms with Crippen LogP contribution in [0.2, 0.25) is 0 Å². The molecule has 1 aliphatic rings. The molecule has 130 valence electrons. The molecule has 0 saturated carbocycles. The van der Waals surface area contributed by atoms with E-state index in [1.165, 1.54) is 0 Å². The van der Waals surface area contributed by atoms with E-state index in [-0.39, 0.29) is 24.3 Å². The summed E-state index contributed by atoms with van der Waals surface area (Å²) in [6.07, 6.45) is 2.36. The van der Waals surface area contributed by atoms with Crippen molar-refractivity contribution >= 4 is 17.5 Å². The Morgan fingerprint density at radius 2 is 1.80 bits per heavy atom. The van der Waals surface area contributed by atoms with Gasteiger partial charge in [0.05, 0.1) is 23.8 Å². The van der Waals surface area contributed by atoms with Gasteiger partial charge in [0.25, 0.3) is 5.91 Å². The fourth-order valence-corrected chi connectivity index (χ4v) is 2.87. The van der Waals surface area contributed by atoms with Crippen LogP contribution in [0.15, 0.2) is 54.6 Å². The van der Waals surface area contributed by atoms with Gasteiger partial charge >= 0.3 is 0 Å². The van der Waals surface area contributed by atoms with Crippen molar-refractivity contribution in [3.63, 3.8) is 0 Å². The fourth-order valence-electron chi connectivity index (χ4n) is 2.87. The number of ether oxygens (including phenoxy) is 1. The number of hydrogen-bond donors (Lipinski definition) is 2. The van der Waals surface area contributed by atoms with Crippen molar-refractivity contribution in [2.75, 3.05) is 18.5 Å². The second-order valence-electron chi connectivity index (χ2n) is 6.10. The number of hydrogen-bond acceptors (Lipinski definition) is 3. The van der Waals surface area contributed by atoms with E-state index in [1.54, 1.807) is 24.3 Å². The van der Waals surface area contributed by atoms with Crippen LogP contribution in [-0.4, -0.2) is 31.1 Å². The van der Waals surface area contributed by atoms with Crippen LogP contribution in [0.1, 0.15) is 28.8 Å². The highest BCUT2D eigenvalue weighted by atomic mass is 16.5. The predicted molar refractivity (Wildman–Crippen MR) is 96.5 cm³/mol. The Morgan fingerprint density at radius 1 is 1.04 bits per heavy atom. The summed E-state index contributed by atoms with van der Waals surface area (Å²) in [4.78, 5) is 24.7. The first-order valence-corrected chi connectivity index (χ1v) is 8.55.